The van der Waals surface area contributed by atoms with E-state index < -0.39 is 5.97 Å². The minimum atomic E-state index is -0.975. The number of fused-ring (bicyclic) bond motifs is 3. The molecule has 5 heteroatoms. The number of carboxylic acids is 1. The molecular weight excluding hydrogens is 412 g/mol. The highest BCUT2D eigenvalue weighted by Gasteiger charge is 2.17. The molecule has 0 spiro atoms. The summed E-state index contributed by atoms with van der Waals surface area (Å²) < 4.78 is 5.78. The van der Waals surface area contributed by atoms with Gasteiger partial charge in [-0.15, -0.1) is 0 Å². The first kappa shape index (κ1) is 19.2. The van der Waals surface area contributed by atoms with Gasteiger partial charge in [-0.05, 0) is 48.0 Å². The van der Waals surface area contributed by atoms with E-state index in [-0.39, 0.29) is 5.56 Å². The summed E-state index contributed by atoms with van der Waals surface area (Å²) in [6.45, 7) is 1.94. The van der Waals surface area contributed by atoms with Crippen molar-refractivity contribution < 1.29 is 14.4 Å². The number of aromatic carboxylic acids is 1. The van der Waals surface area contributed by atoms with Crippen molar-refractivity contribution in [3.63, 3.8) is 0 Å². The minimum absolute atomic E-state index is 0.235. The predicted molar refractivity (Wildman–Crippen MR) is 129 cm³/mol. The molecule has 0 aliphatic rings. The fourth-order valence-corrected chi connectivity index (χ4v) is 4.38. The zero-order valence-electron chi connectivity index (χ0n) is 17.7. The van der Waals surface area contributed by atoms with Crippen LogP contribution in [0.3, 0.4) is 0 Å². The zero-order valence-corrected chi connectivity index (χ0v) is 17.7. The summed E-state index contributed by atoms with van der Waals surface area (Å²) in [5, 5.41) is 17.8. The van der Waals surface area contributed by atoms with E-state index in [9.17, 15) is 9.90 Å². The van der Waals surface area contributed by atoms with Crippen molar-refractivity contribution in [2.24, 2.45) is 0 Å². The van der Waals surface area contributed by atoms with Gasteiger partial charge in [-0.2, -0.15) is 0 Å². The molecular formula is C28H18N2O3. The highest BCUT2D eigenvalue weighted by Crippen LogP contribution is 2.36. The van der Waals surface area contributed by atoms with E-state index in [1.165, 1.54) is 0 Å². The fraction of sp³-hybridized carbons (Fsp3) is 0.0357. The Labute approximate surface area is 188 Å². The number of benzene rings is 4. The van der Waals surface area contributed by atoms with Crippen LogP contribution in [-0.2, 0) is 0 Å². The molecule has 0 saturated carbocycles. The Hall–Kier alpha value is -4.51. The van der Waals surface area contributed by atoms with Crippen LogP contribution in [-0.4, -0.2) is 21.2 Å². The summed E-state index contributed by atoms with van der Waals surface area (Å²) in [5.41, 5.74) is 4.96. The van der Waals surface area contributed by atoms with Crippen LogP contribution in [0.5, 0.6) is 0 Å². The summed E-state index contributed by atoms with van der Waals surface area (Å²) in [5.74, 6) is -0.296. The molecule has 1 N–H and O–H groups in total. The highest BCUT2D eigenvalue weighted by atomic mass is 16.5. The number of rotatable bonds is 3. The second-order valence-electron chi connectivity index (χ2n) is 8.15. The van der Waals surface area contributed by atoms with E-state index in [0.717, 1.165) is 38.4 Å². The van der Waals surface area contributed by atoms with Crippen molar-refractivity contribution in [2.75, 3.05) is 0 Å². The molecule has 4 aromatic carbocycles. The number of nitrogens with zero attached hydrogens (tertiary/aromatic N) is 2. The van der Waals surface area contributed by atoms with Crippen LogP contribution in [0.25, 0.3) is 55.2 Å². The number of carboxylic acid groups (broad SMARTS) is 1. The number of pyridine rings is 1. The maximum absolute atomic E-state index is 12.0. The summed E-state index contributed by atoms with van der Waals surface area (Å²) in [4.78, 5) is 16.8. The van der Waals surface area contributed by atoms with Crippen LogP contribution in [0, 0.1) is 6.92 Å². The third kappa shape index (κ3) is 3.13. The van der Waals surface area contributed by atoms with Gasteiger partial charge in [0.1, 0.15) is 5.52 Å². The summed E-state index contributed by atoms with van der Waals surface area (Å²) in [7, 11) is 0. The lowest BCUT2D eigenvalue weighted by Crippen LogP contribution is -2.00. The van der Waals surface area contributed by atoms with Gasteiger partial charge in [0, 0.05) is 16.5 Å². The average molecular weight is 430 g/mol. The second kappa shape index (κ2) is 7.28. The monoisotopic (exact) mass is 430 g/mol. The topological polar surface area (TPSA) is 76.2 Å². The predicted octanol–water partition coefficient (Wildman–Crippen LogP) is 6.87. The SMILES string of the molecule is Cc1ccc2nc(-c3ccc4noc(-c5cccc6ccccc56)c4c3)cc(C(=O)O)c2c1. The van der Waals surface area contributed by atoms with Gasteiger partial charge >= 0.3 is 5.97 Å². The van der Waals surface area contributed by atoms with E-state index in [2.05, 4.69) is 23.4 Å². The van der Waals surface area contributed by atoms with Gasteiger partial charge in [0.15, 0.2) is 5.76 Å². The Kier molecular flexibility index (Phi) is 4.23. The Morgan fingerprint density at radius 3 is 2.52 bits per heavy atom. The maximum atomic E-state index is 12.0. The summed E-state index contributed by atoms with van der Waals surface area (Å²) in [6, 6.07) is 27.3. The van der Waals surface area contributed by atoms with Gasteiger partial charge in [0.25, 0.3) is 0 Å². The number of carbonyl (C=O) groups is 1. The normalized spacial score (nSPS) is 11.4. The average Bonchev–Trinajstić information content (AvgIpc) is 3.26. The standard InChI is InChI=1S/C28H18N2O3/c1-16-9-11-24-21(13-16)22(28(31)32)15-26(29-24)18-10-12-25-23(14-18)27(33-30-25)20-8-4-6-17-5-2-3-7-19(17)20/h2-15H,1H3,(H,31,32). The van der Waals surface area contributed by atoms with Crippen molar-refractivity contribution in [3.8, 4) is 22.6 Å². The number of aryl methyl sites for hydroxylation is 1. The van der Waals surface area contributed by atoms with Crippen molar-refractivity contribution in [3.05, 3.63) is 96.1 Å². The zero-order chi connectivity index (χ0) is 22.5. The van der Waals surface area contributed by atoms with Crippen LogP contribution < -0.4 is 0 Å². The molecule has 0 amide bonds. The van der Waals surface area contributed by atoms with Gasteiger partial charge in [-0.1, -0.05) is 65.3 Å². The fourth-order valence-electron chi connectivity index (χ4n) is 4.38. The molecule has 0 bridgehead atoms. The van der Waals surface area contributed by atoms with Gasteiger partial charge < -0.3 is 9.63 Å². The highest BCUT2D eigenvalue weighted by molar-refractivity contribution is 6.05. The lowest BCUT2D eigenvalue weighted by molar-refractivity contribution is 0.0699. The van der Waals surface area contributed by atoms with E-state index in [1.807, 2.05) is 67.6 Å². The molecule has 5 nitrogen and oxygen atoms in total. The van der Waals surface area contributed by atoms with Crippen LogP contribution in [0.2, 0.25) is 0 Å². The van der Waals surface area contributed by atoms with Crippen molar-refractivity contribution in [1.29, 1.82) is 0 Å². The molecule has 6 aromatic rings. The Bertz CT molecular complexity index is 1710. The molecule has 158 valence electrons. The maximum Gasteiger partial charge on any atom is 0.336 e. The van der Waals surface area contributed by atoms with Crippen molar-refractivity contribution in [1.82, 2.24) is 10.1 Å². The minimum Gasteiger partial charge on any atom is -0.478 e. The molecule has 0 atom stereocenters. The molecule has 0 saturated heterocycles. The van der Waals surface area contributed by atoms with Gasteiger partial charge in [-0.25, -0.2) is 9.78 Å². The molecule has 0 aliphatic carbocycles. The second-order valence-corrected chi connectivity index (χ2v) is 8.15. The molecule has 33 heavy (non-hydrogen) atoms. The lowest BCUT2D eigenvalue weighted by Gasteiger charge is -2.08. The lowest BCUT2D eigenvalue weighted by atomic mass is 9.98. The molecule has 6 rings (SSSR count). The van der Waals surface area contributed by atoms with Crippen LogP contribution in [0.1, 0.15) is 15.9 Å². The van der Waals surface area contributed by atoms with E-state index in [1.54, 1.807) is 6.07 Å². The molecule has 2 aromatic heterocycles. The number of hydrogen-bond donors (Lipinski definition) is 1. The third-order valence-corrected chi connectivity index (χ3v) is 6.00. The first-order valence-electron chi connectivity index (χ1n) is 10.6. The van der Waals surface area contributed by atoms with Gasteiger partial charge in [-0.3, -0.25) is 0 Å². The summed E-state index contributed by atoms with van der Waals surface area (Å²) >= 11 is 0. The Morgan fingerprint density at radius 2 is 1.64 bits per heavy atom. The van der Waals surface area contributed by atoms with Crippen LogP contribution in [0.15, 0.2) is 89.5 Å². The molecule has 2 heterocycles. The molecule has 0 radical (unpaired) electrons. The van der Waals surface area contributed by atoms with Crippen LogP contribution in [0.4, 0.5) is 0 Å². The van der Waals surface area contributed by atoms with E-state index >= 15 is 0 Å². The number of aromatic nitrogens is 2. The third-order valence-electron chi connectivity index (χ3n) is 6.00. The van der Waals surface area contributed by atoms with E-state index in [4.69, 9.17) is 9.51 Å². The van der Waals surface area contributed by atoms with Gasteiger partial charge in [0.2, 0.25) is 0 Å². The van der Waals surface area contributed by atoms with Crippen molar-refractivity contribution in [2.45, 2.75) is 6.92 Å². The van der Waals surface area contributed by atoms with E-state index in [0.29, 0.717) is 22.4 Å². The largest absolute Gasteiger partial charge is 0.478 e. The Balaban J connectivity index is 1.57. The van der Waals surface area contributed by atoms with Crippen LogP contribution >= 0.6 is 0 Å². The quantitative estimate of drug-likeness (QED) is 0.331. The van der Waals surface area contributed by atoms with Crippen molar-refractivity contribution >= 4 is 38.5 Å². The first-order valence-corrected chi connectivity index (χ1v) is 10.6. The smallest absolute Gasteiger partial charge is 0.336 e. The molecule has 0 unspecified atom stereocenters. The first-order chi connectivity index (χ1) is 16.1. The Morgan fingerprint density at radius 1 is 0.818 bits per heavy atom. The molecule has 0 aliphatic heterocycles. The number of hydrogen-bond acceptors (Lipinski definition) is 4. The summed E-state index contributed by atoms with van der Waals surface area (Å²) in [6.07, 6.45) is 0. The van der Waals surface area contributed by atoms with Gasteiger partial charge in [0.05, 0.1) is 22.2 Å². The molecule has 0 fully saturated rings.